The number of unbranched alkanes of at least 4 members (excludes halogenated alkanes) is 1. The number of ether oxygens (including phenoxy) is 2. The summed E-state index contributed by atoms with van der Waals surface area (Å²) in [6, 6.07) is 0.338. The third kappa shape index (κ3) is 6.51. The molecule has 1 rings (SSSR count). The molecule has 0 saturated carbocycles. The van der Waals surface area contributed by atoms with Crippen molar-refractivity contribution in [3.63, 3.8) is 0 Å². The van der Waals surface area contributed by atoms with Gasteiger partial charge in [0.2, 0.25) is 11.9 Å². The van der Waals surface area contributed by atoms with Crippen molar-refractivity contribution in [1.82, 2.24) is 15.0 Å². The third-order valence-corrected chi connectivity index (χ3v) is 2.35. The molecule has 1 aromatic rings. The fraction of sp³-hybridized carbons (Fsp3) is 0.769. The zero-order valence-corrected chi connectivity index (χ0v) is 12.8. The highest BCUT2D eigenvalue weighted by atomic mass is 16.5. The second-order valence-electron chi connectivity index (χ2n) is 4.59. The second kappa shape index (κ2) is 9.30. The van der Waals surface area contributed by atoms with E-state index < -0.39 is 0 Å². The molecule has 0 aromatic carbocycles. The van der Waals surface area contributed by atoms with E-state index in [2.05, 4.69) is 25.6 Å². The maximum atomic E-state index is 5.52. The number of anilines is 2. The van der Waals surface area contributed by atoms with Crippen molar-refractivity contribution >= 4 is 11.9 Å². The SMILES string of the molecule is CCNc1nc(NCCCCOC)nc(OC(C)C)n1. The summed E-state index contributed by atoms with van der Waals surface area (Å²) < 4.78 is 10.5. The van der Waals surface area contributed by atoms with Crippen LogP contribution in [0, 0.1) is 0 Å². The van der Waals surface area contributed by atoms with Gasteiger partial charge in [-0.15, -0.1) is 0 Å². The van der Waals surface area contributed by atoms with Gasteiger partial charge < -0.3 is 20.1 Å². The Morgan fingerprint density at radius 1 is 1.05 bits per heavy atom. The molecule has 1 heterocycles. The number of rotatable bonds is 10. The van der Waals surface area contributed by atoms with E-state index in [0.29, 0.717) is 17.9 Å². The molecular formula is C13H25N5O2. The molecule has 0 unspecified atom stereocenters. The lowest BCUT2D eigenvalue weighted by atomic mass is 10.3. The van der Waals surface area contributed by atoms with Crippen molar-refractivity contribution in [2.75, 3.05) is 37.4 Å². The Morgan fingerprint density at radius 3 is 2.35 bits per heavy atom. The molecule has 114 valence electrons. The zero-order chi connectivity index (χ0) is 14.8. The van der Waals surface area contributed by atoms with Gasteiger partial charge in [-0.2, -0.15) is 15.0 Å². The zero-order valence-electron chi connectivity index (χ0n) is 12.8. The van der Waals surface area contributed by atoms with Gasteiger partial charge in [-0.3, -0.25) is 0 Å². The number of hydrogen-bond donors (Lipinski definition) is 2. The van der Waals surface area contributed by atoms with Gasteiger partial charge >= 0.3 is 6.01 Å². The largest absolute Gasteiger partial charge is 0.461 e. The number of methoxy groups -OCH3 is 1. The predicted octanol–water partition coefficient (Wildman–Crippen LogP) is 1.93. The molecule has 0 bridgehead atoms. The van der Waals surface area contributed by atoms with E-state index in [0.717, 1.165) is 32.5 Å². The van der Waals surface area contributed by atoms with Crippen LogP contribution < -0.4 is 15.4 Å². The Kier molecular flexibility index (Phi) is 7.64. The molecule has 0 aliphatic heterocycles. The molecule has 0 fully saturated rings. The van der Waals surface area contributed by atoms with Crippen LogP contribution in [0.5, 0.6) is 6.01 Å². The molecule has 0 saturated heterocycles. The summed E-state index contributed by atoms with van der Waals surface area (Å²) in [5.74, 6) is 1.06. The lowest BCUT2D eigenvalue weighted by Crippen LogP contribution is -2.14. The molecule has 7 heteroatoms. The first-order valence-electron chi connectivity index (χ1n) is 7.05. The normalized spacial score (nSPS) is 10.7. The summed E-state index contributed by atoms with van der Waals surface area (Å²) in [5, 5.41) is 6.25. The van der Waals surface area contributed by atoms with Crippen LogP contribution in [0.1, 0.15) is 33.6 Å². The second-order valence-corrected chi connectivity index (χ2v) is 4.59. The smallest absolute Gasteiger partial charge is 0.323 e. The van der Waals surface area contributed by atoms with Crippen LogP contribution in [-0.2, 0) is 4.74 Å². The topological polar surface area (TPSA) is 81.2 Å². The minimum atomic E-state index is 0.0291. The van der Waals surface area contributed by atoms with Gasteiger partial charge in [0.15, 0.2) is 0 Å². The highest BCUT2D eigenvalue weighted by molar-refractivity contribution is 5.35. The number of hydrogen-bond acceptors (Lipinski definition) is 7. The van der Waals surface area contributed by atoms with E-state index in [1.165, 1.54) is 0 Å². The minimum Gasteiger partial charge on any atom is -0.461 e. The Morgan fingerprint density at radius 2 is 1.75 bits per heavy atom. The van der Waals surface area contributed by atoms with Crippen molar-refractivity contribution in [2.24, 2.45) is 0 Å². The third-order valence-electron chi connectivity index (χ3n) is 2.35. The average molecular weight is 283 g/mol. The first-order chi connectivity index (χ1) is 9.65. The molecule has 0 aliphatic carbocycles. The van der Waals surface area contributed by atoms with Gasteiger partial charge in [-0.05, 0) is 33.6 Å². The van der Waals surface area contributed by atoms with Crippen LogP contribution in [-0.4, -0.2) is 47.9 Å². The molecule has 0 aliphatic rings. The lowest BCUT2D eigenvalue weighted by molar-refractivity contribution is 0.193. The van der Waals surface area contributed by atoms with Gasteiger partial charge in [-0.25, -0.2) is 0 Å². The quantitative estimate of drug-likeness (QED) is 0.635. The van der Waals surface area contributed by atoms with Crippen molar-refractivity contribution in [3.8, 4) is 6.01 Å². The Labute approximate surface area is 120 Å². The number of nitrogens with one attached hydrogen (secondary N) is 2. The Balaban J connectivity index is 2.60. The van der Waals surface area contributed by atoms with Crippen molar-refractivity contribution in [3.05, 3.63) is 0 Å². The Hall–Kier alpha value is -1.63. The van der Waals surface area contributed by atoms with Gasteiger partial charge in [0.25, 0.3) is 0 Å². The van der Waals surface area contributed by atoms with Gasteiger partial charge in [0, 0.05) is 26.8 Å². The summed E-state index contributed by atoms with van der Waals surface area (Å²) in [6.07, 6.45) is 2.03. The van der Waals surface area contributed by atoms with E-state index in [9.17, 15) is 0 Å². The summed E-state index contributed by atoms with van der Waals surface area (Å²) >= 11 is 0. The highest BCUT2D eigenvalue weighted by Gasteiger charge is 2.08. The van der Waals surface area contributed by atoms with Crippen LogP contribution in [0.25, 0.3) is 0 Å². The van der Waals surface area contributed by atoms with Gasteiger partial charge in [0.1, 0.15) is 0 Å². The van der Waals surface area contributed by atoms with Gasteiger partial charge in [0.05, 0.1) is 6.10 Å². The van der Waals surface area contributed by atoms with E-state index in [4.69, 9.17) is 9.47 Å². The fourth-order valence-electron chi connectivity index (χ4n) is 1.51. The molecule has 2 N–H and O–H groups in total. The van der Waals surface area contributed by atoms with E-state index >= 15 is 0 Å². The maximum absolute atomic E-state index is 5.52. The van der Waals surface area contributed by atoms with Crippen molar-refractivity contribution in [1.29, 1.82) is 0 Å². The standard InChI is InChI=1S/C13H25N5O2/c1-5-14-11-16-12(15-8-6-7-9-19-4)18-13(17-11)20-10(2)3/h10H,5-9H2,1-4H3,(H2,14,15,16,17,18). The summed E-state index contributed by atoms with van der Waals surface area (Å²) in [5.41, 5.74) is 0. The monoisotopic (exact) mass is 283 g/mol. The summed E-state index contributed by atoms with van der Waals surface area (Å²) in [6.45, 7) is 8.18. The lowest BCUT2D eigenvalue weighted by Gasteiger charge is -2.11. The van der Waals surface area contributed by atoms with E-state index in [-0.39, 0.29) is 6.10 Å². The molecular weight excluding hydrogens is 258 g/mol. The van der Waals surface area contributed by atoms with Crippen LogP contribution in [0.15, 0.2) is 0 Å². The van der Waals surface area contributed by atoms with Gasteiger partial charge in [-0.1, -0.05) is 0 Å². The summed E-state index contributed by atoms with van der Waals surface area (Å²) in [4.78, 5) is 12.7. The van der Waals surface area contributed by atoms with Crippen LogP contribution in [0.4, 0.5) is 11.9 Å². The number of aromatic nitrogens is 3. The van der Waals surface area contributed by atoms with Crippen molar-refractivity contribution in [2.45, 2.75) is 39.7 Å². The van der Waals surface area contributed by atoms with Crippen molar-refractivity contribution < 1.29 is 9.47 Å². The van der Waals surface area contributed by atoms with Crippen LogP contribution in [0.3, 0.4) is 0 Å². The van der Waals surface area contributed by atoms with Crippen LogP contribution >= 0.6 is 0 Å². The molecule has 1 aromatic heterocycles. The number of nitrogens with zero attached hydrogens (tertiary/aromatic N) is 3. The average Bonchev–Trinajstić information content (AvgIpc) is 2.38. The first-order valence-corrected chi connectivity index (χ1v) is 7.05. The predicted molar refractivity (Wildman–Crippen MR) is 79.4 cm³/mol. The molecule has 7 nitrogen and oxygen atoms in total. The first kappa shape index (κ1) is 16.4. The molecule has 0 atom stereocenters. The highest BCUT2D eigenvalue weighted by Crippen LogP contribution is 2.12. The minimum absolute atomic E-state index is 0.0291. The molecule has 0 spiro atoms. The molecule has 20 heavy (non-hydrogen) atoms. The molecule has 0 amide bonds. The van der Waals surface area contributed by atoms with E-state index in [1.807, 2.05) is 20.8 Å². The van der Waals surface area contributed by atoms with E-state index in [1.54, 1.807) is 7.11 Å². The molecule has 0 radical (unpaired) electrons. The fourth-order valence-corrected chi connectivity index (χ4v) is 1.51. The summed E-state index contributed by atoms with van der Waals surface area (Å²) in [7, 11) is 1.71. The maximum Gasteiger partial charge on any atom is 0.323 e. The Bertz CT molecular complexity index is 387. The van der Waals surface area contributed by atoms with Crippen LogP contribution in [0.2, 0.25) is 0 Å².